The Balaban J connectivity index is 2.05. The zero-order valence-electron chi connectivity index (χ0n) is 13.2. The predicted octanol–water partition coefficient (Wildman–Crippen LogP) is 2.22. The van der Waals surface area contributed by atoms with Gasteiger partial charge in [0, 0.05) is 31.2 Å². The number of carbonyl (C=O) groups excluding carboxylic acids is 1. The Kier molecular flexibility index (Phi) is 6.06. The van der Waals surface area contributed by atoms with Gasteiger partial charge in [0.2, 0.25) is 0 Å². The van der Waals surface area contributed by atoms with Crippen LogP contribution >= 0.6 is 0 Å². The number of nitrogens with one attached hydrogen (secondary N) is 1. The molecule has 0 radical (unpaired) electrons. The molecule has 1 heterocycles. The summed E-state index contributed by atoms with van der Waals surface area (Å²) in [5, 5.41) is 12.9. The topological polar surface area (TPSA) is 67.8 Å². The molecule has 1 aromatic rings. The summed E-state index contributed by atoms with van der Waals surface area (Å²) < 4.78 is 48.1. The van der Waals surface area contributed by atoms with Crippen molar-refractivity contribution in [1.82, 2.24) is 5.32 Å². The summed E-state index contributed by atoms with van der Waals surface area (Å²) in [6, 6.07) is 3.50. The number of alkyl halides is 2. The summed E-state index contributed by atoms with van der Waals surface area (Å²) in [7, 11) is 0. The van der Waals surface area contributed by atoms with Crippen LogP contribution in [-0.2, 0) is 16.1 Å². The largest absolute Gasteiger partial charge is 0.434 e. The maximum absolute atomic E-state index is 13.8. The first-order valence-electron chi connectivity index (χ1n) is 7.63. The van der Waals surface area contributed by atoms with Gasteiger partial charge in [-0.3, -0.25) is 4.79 Å². The minimum Gasteiger partial charge on any atom is -0.434 e. The fourth-order valence-electron chi connectivity index (χ4n) is 2.71. The Morgan fingerprint density at radius 2 is 2.12 bits per heavy atom. The van der Waals surface area contributed by atoms with Crippen molar-refractivity contribution in [3.05, 3.63) is 29.6 Å². The van der Waals surface area contributed by atoms with Crippen molar-refractivity contribution < 1.29 is 32.5 Å². The molecule has 5 nitrogen and oxygen atoms in total. The fourth-order valence-corrected chi connectivity index (χ4v) is 2.71. The van der Waals surface area contributed by atoms with Gasteiger partial charge in [0.05, 0.1) is 0 Å². The Morgan fingerprint density at radius 1 is 1.46 bits per heavy atom. The number of rotatable bonds is 6. The molecule has 8 heteroatoms. The molecule has 0 bridgehead atoms. The highest BCUT2D eigenvalue weighted by Gasteiger charge is 2.39. The van der Waals surface area contributed by atoms with Gasteiger partial charge >= 0.3 is 6.61 Å². The van der Waals surface area contributed by atoms with E-state index in [-0.39, 0.29) is 23.8 Å². The van der Waals surface area contributed by atoms with E-state index in [1.165, 1.54) is 19.1 Å². The Hall–Kier alpha value is -1.80. The van der Waals surface area contributed by atoms with E-state index in [2.05, 4.69) is 10.1 Å². The lowest BCUT2D eigenvalue weighted by Gasteiger charge is -2.34. The minimum atomic E-state index is -3.11. The minimum absolute atomic E-state index is 0.200. The SMILES string of the molecule is CC(O)(C(=O)NCc1c(F)cccc1OC(F)F)C1CCOCC1. The quantitative estimate of drug-likeness (QED) is 0.828. The van der Waals surface area contributed by atoms with Gasteiger partial charge in [0.25, 0.3) is 5.91 Å². The number of amides is 1. The number of hydrogen-bond donors (Lipinski definition) is 2. The third-order valence-electron chi connectivity index (χ3n) is 4.19. The normalized spacial score (nSPS) is 18.2. The summed E-state index contributed by atoms with van der Waals surface area (Å²) in [4.78, 5) is 12.3. The van der Waals surface area contributed by atoms with Crippen molar-refractivity contribution in [2.75, 3.05) is 13.2 Å². The standard InChI is InChI=1S/C16H20F3NO4/c1-16(22,10-5-7-23-8-6-10)14(21)20-9-11-12(17)3-2-4-13(11)24-15(18)19/h2-4,10,15,22H,5-9H2,1H3,(H,20,21). The molecular weight excluding hydrogens is 327 g/mol. The van der Waals surface area contributed by atoms with Crippen LogP contribution in [0.15, 0.2) is 18.2 Å². The van der Waals surface area contributed by atoms with Crippen LogP contribution in [0.3, 0.4) is 0 Å². The highest BCUT2D eigenvalue weighted by molar-refractivity contribution is 5.84. The molecule has 134 valence electrons. The fraction of sp³-hybridized carbons (Fsp3) is 0.562. The maximum atomic E-state index is 13.8. The molecule has 1 amide bonds. The number of hydrogen-bond acceptors (Lipinski definition) is 4. The van der Waals surface area contributed by atoms with Crippen LogP contribution in [0.25, 0.3) is 0 Å². The first-order chi connectivity index (χ1) is 11.3. The molecule has 1 aliphatic heterocycles. The summed E-state index contributed by atoms with van der Waals surface area (Å²) in [5.74, 6) is -2.11. The molecule has 1 atom stereocenters. The molecule has 0 spiro atoms. The molecule has 0 aliphatic carbocycles. The van der Waals surface area contributed by atoms with Crippen molar-refractivity contribution in [2.24, 2.45) is 5.92 Å². The molecule has 2 rings (SSSR count). The van der Waals surface area contributed by atoms with Crippen molar-refractivity contribution in [3.8, 4) is 5.75 Å². The van der Waals surface area contributed by atoms with Gasteiger partial charge in [0.15, 0.2) is 0 Å². The molecule has 1 aromatic carbocycles. The molecule has 2 N–H and O–H groups in total. The molecule has 1 fully saturated rings. The number of benzene rings is 1. The van der Waals surface area contributed by atoms with E-state index >= 15 is 0 Å². The van der Waals surface area contributed by atoms with Gasteiger partial charge < -0.3 is 19.9 Å². The third kappa shape index (κ3) is 4.39. The lowest BCUT2D eigenvalue weighted by Crippen LogP contribution is -2.51. The van der Waals surface area contributed by atoms with Crippen molar-refractivity contribution in [2.45, 2.75) is 38.5 Å². The van der Waals surface area contributed by atoms with E-state index < -0.39 is 23.9 Å². The van der Waals surface area contributed by atoms with Crippen molar-refractivity contribution in [3.63, 3.8) is 0 Å². The number of carbonyl (C=O) groups is 1. The summed E-state index contributed by atoms with van der Waals surface area (Å²) in [5.41, 5.74) is -1.85. The highest BCUT2D eigenvalue weighted by atomic mass is 19.3. The van der Waals surface area contributed by atoms with Gasteiger partial charge in [-0.25, -0.2) is 4.39 Å². The maximum Gasteiger partial charge on any atom is 0.387 e. The molecule has 1 unspecified atom stereocenters. The molecule has 24 heavy (non-hydrogen) atoms. The van der Waals surface area contributed by atoms with Crippen LogP contribution in [0.5, 0.6) is 5.75 Å². The van der Waals surface area contributed by atoms with Gasteiger partial charge in [-0.05, 0) is 31.9 Å². The molecule has 0 saturated carbocycles. The number of ether oxygens (including phenoxy) is 2. The van der Waals surface area contributed by atoms with E-state index in [0.717, 1.165) is 6.07 Å². The highest BCUT2D eigenvalue weighted by Crippen LogP contribution is 2.28. The second-order valence-corrected chi connectivity index (χ2v) is 5.81. The second kappa shape index (κ2) is 7.85. The van der Waals surface area contributed by atoms with Crippen LogP contribution in [-0.4, -0.2) is 36.4 Å². The van der Waals surface area contributed by atoms with Crippen LogP contribution < -0.4 is 10.1 Å². The van der Waals surface area contributed by atoms with Crippen molar-refractivity contribution in [1.29, 1.82) is 0 Å². The molecule has 1 aliphatic rings. The molecule has 0 aromatic heterocycles. The zero-order chi connectivity index (χ0) is 17.7. The first-order valence-corrected chi connectivity index (χ1v) is 7.63. The van der Waals surface area contributed by atoms with E-state index in [4.69, 9.17) is 4.74 Å². The van der Waals surface area contributed by atoms with E-state index in [9.17, 15) is 23.1 Å². The summed E-state index contributed by atoms with van der Waals surface area (Å²) in [6.45, 7) is -1.18. The summed E-state index contributed by atoms with van der Waals surface area (Å²) >= 11 is 0. The van der Waals surface area contributed by atoms with Crippen LogP contribution in [0.2, 0.25) is 0 Å². The predicted molar refractivity (Wildman–Crippen MR) is 79.0 cm³/mol. The smallest absolute Gasteiger partial charge is 0.387 e. The van der Waals surface area contributed by atoms with Crippen LogP contribution in [0.4, 0.5) is 13.2 Å². The lowest BCUT2D eigenvalue weighted by atomic mass is 9.82. The van der Waals surface area contributed by atoms with Gasteiger partial charge in [-0.15, -0.1) is 0 Å². The van der Waals surface area contributed by atoms with E-state index in [1.807, 2.05) is 0 Å². The van der Waals surface area contributed by atoms with Gasteiger partial charge in [-0.2, -0.15) is 8.78 Å². The van der Waals surface area contributed by atoms with Crippen LogP contribution in [0.1, 0.15) is 25.3 Å². The Labute approximate surface area is 137 Å². The average Bonchev–Trinajstić information content (AvgIpc) is 2.54. The number of halogens is 3. The van der Waals surface area contributed by atoms with Gasteiger partial charge in [-0.1, -0.05) is 6.07 Å². The monoisotopic (exact) mass is 347 g/mol. The van der Waals surface area contributed by atoms with Gasteiger partial charge in [0.1, 0.15) is 17.2 Å². The van der Waals surface area contributed by atoms with Crippen molar-refractivity contribution >= 4 is 5.91 Å². The Morgan fingerprint density at radius 3 is 2.75 bits per heavy atom. The van der Waals surface area contributed by atoms with E-state index in [1.54, 1.807) is 0 Å². The summed E-state index contributed by atoms with van der Waals surface area (Å²) in [6.07, 6.45) is 1.06. The van der Waals surface area contributed by atoms with E-state index in [0.29, 0.717) is 26.1 Å². The second-order valence-electron chi connectivity index (χ2n) is 5.81. The Bertz CT molecular complexity index is 574. The number of aliphatic hydroxyl groups is 1. The molecular formula is C16H20F3NO4. The van der Waals surface area contributed by atoms with Crippen LogP contribution in [0, 0.1) is 11.7 Å². The lowest BCUT2D eigenvalue weighted by molar-refractivity contribution is -0.147. The third-order valence-corrected chi connectivity index (χ3v) is 4.19. The zero-order valence-corrected chi connectivity index (χ0v) is 13.2. The molecule has 1 saturated heterocycles. The first kappa shape index (κ1) is 18.5. The average molecular weight is 347 g/mol.